The molecule has 3 N–H and O–H groups in total. The third-order valence-electron chi connectivity index (χ3n) is 4.79. The molecule has 8 heteroatoms. The number of aromatic nitrogens is 5. The van der Waals surface area contributed by atoms with Gasteiger partial charge in [-0.3, -0.25) is 9.48 Å². The fourth-order valence-corrected chi connectivity index (χ4v) is 2.91. The van der Waals surface area contributed by atoms with Gasteiger partial charge in [0.25, 0.3) is 5.91 Å². The predicted octanol–water partition coefficient (Wildman–Crippen LogP) is 2.11. The number of nitrogens with two attached hydrogens (primary N) is 1. The van der Waals surface area contributed by atoms with Gasteiger partial charge in [-0.25, -0.2) is 4.52 Å². The van der Waals surface area contributed by atoms with Crippen LogP contribution in [0.1, 0.15) is 43.5 Å². The van der Waals surface area contributed by atoms with Crippen LogP contribution in [0.15, 0.2) is 24.7 Å². The van der Waals surface area contributed by atoms with Gasteiger partial charge in [0, 0.05) is 36.1 Å². The second-order valence-electron chi connectivity index (χ2n) is 7.06. The fraction of sp³-hybridized carbons (Fsp3) is 0.444. The Morgan fingerprint density at radius 1 is 1.38 bits per heavy atom. The van der Waals surface area contributed by atoms with Crippen molar-refractivity contribution < 1.29 is 4.79 Å². The standard InChI is InChI=1S/C18H23N7O/c1-3-11(2)21-17(26)15-6-13(10-25-16(15)22-18(19)23-25)14-7-20-24(9-14)8-12-4-5-12/h6-7,9-12H,3-5,8H2,1-2H3,(H2,19,23)(H,21,26)/t11-/m0/s1. The lowest BCUT2D eigenvalue weighted by Crippen LogP contribution is -2.32. The molecule has 4 rings (SSSR count). The zero-order valence-corrected chi connectivity index (χ0v) is 15.0. The zero-order chi connectivity index (χ0) is 18.3. The molecule has 1 aliphatic rings. The Labute approximate surface area is 151 Å². The molecule has 1 saturated carbocycles. The van der Waals surface area contributed by atoms with E-state index in [1.54, 1.807) is 4.52 Å². The SMILES string of the molecule is CC[C@H](C)NC(=O)c1cc(-c2cnn(CC3CC3)c2)cn2nc(N)nc12. The predicted molar refractivity (Wildman–Crippen MR) is 98.6 cm³/mol. The normalized spacial score (nSPS) is 15.3. The summed E-state index contributed by atoms with van der Waals surface area (Å²) < 4.78 is 3.53. The van der Waals surface area contributed by atoms with Crippen LogP contribution in [0, 0.1) is 5.92 Å². The van der Waals surface area contributed by atoms with E-state index in [1.807, 2.05) is 43.2 Å². The van der Waals surface area contributed by atoms with Crippen molar-refractivity contribution in [2.24, 2.45) is 5.92 Å². The molecule has 0 aliphatic heterocycles. The summed E-state index contributed by atoms with van der Waals surface area (Å²) in [5.41, 5.74) is 8.47. The molecule has 0 spiro atoms. The third kappa shape index (κ3) is 3.26. The van der Waals surface area contributed by atoms with Gasteiger partial charge >= 0.3 is 0 Å². The highest BCUT2D eigenvalue weighted by Gasteiger charge is 2.22. The van der Waals surface area contributed by atoms with E-state index in [2.05, 4.69) is 20.5 Å². The Bertz CT molecular complexity index is 954. The van der Waals surface area contributed by atoms with Crippen molar-refractivity contribution in [3.8, 4) is 11.1 Å². The molecule has 1 fully saturated rings. The molecule has 3 heterocycles. The molecule has 1 aliphatic carbocycles. The number of rotatable bonds is 6. The largest absolute Gasteiger partial charge is 0.366 e. The second-order valence-corrected chi connectivity index (χ2v) is 7.06. The Morgan fingerprint density at radius 3 is 2.92 bits per heavy atom. The number of fused-ring (bicyclic) bond motifs is 1. The van der Waals surface area contributed by atoms with Gasteiger partial charge in [-0.2, -0.15) is 10.1 Å². The third-order valence-corrected chi connectivity index (χ3v) is 4.79. The number of carbonyl (C=O) groups is 1. The summed E-state index contributed by atoms with van der Waals surface area (Å²) in [4.78, 5) is 16.9. The average molecular weight is 353 g/mol. The molecular weight excluding hydrogens is 330 g/mol. The van der Waals surface area contributed by atoms with Crippen LogP contribution in [-0.2, 0) is 6.54 Å². The van der Waals surface area contributed by atoms with Crippen LogP contribution in [0.2, 0.25) is 0 Å². The first-order valence-electron chi connectivity index (χ1n) is 9.03. The monoisotopic (exact) mass is 353 g/mol. The van der Waals surface area contributed by atoms with Gasteiger partial charge in [0.1, 0.15) is 0 Å². The van der Waals surface area contributed by atoms with E-state index in [-0.39, 0.29) is 17.9 Å². The lowest BCUT2D eigenvalue weighted by atomic mass is 10.1. The molecule has 0 aromatic carbocycles. The number of hydrogen-bond donors (Lipinski definition) is 2. The number of carbonyl (C=O) groups excluding carboxylic acids is 1. The highest BCUT2D eigenvalue weighted by molar-refractivity contribution is 6.01. The summed E-state index contributed by atoms with van der Waals surface area (Å²) in [7, 11) is 0. The summed E-state index contributed by atoms with van der Waals surface area (Å²) >= 11 is 0. The van der Waals surface area contributed by atoms with Crippen LogP contribution in [0.3, 0.4) is 0 Å². The number of nitrogens with one attached hydrogen (secondary N) is 1. The lowest BCUT2D eigenvalue weighted by Gasteiger charge is -2.12. The van der Waals surface area contributed by atoms with E-state index >= 15 is 0 Å². The molecule has 136 valence electrons. The van der Waals surface area contributed by atoms with Gasteiger partial charge in [0.2, 0.25) is 5.95 Å². The van der Waals surface area contributed by atoms with Gasteiger partial charge < -0.3 is 11.1 Å². The molecule has 3 aromatic rings. The van der Waals surface area contributed by atoms with E-state index in [4.69, 9.17) is 5.73 Å². The van der Waals surface area contributed by atoms with E-state index < -0.39 is 0 Å². The van der Waals surface area contributed by atoms with Gasteiger partial charge in [-0.05, 0) is 38.2 Å². The molecule has 3 aromatic heterocycles. The van der Waals surface area contributed by atoms with E-state index in [1.165, 1.54) is 12.8 Å². The molecule has 26 heavy (non-hydrogen) atoms. The van der Waals surface area contributed by atoms with Gasteiger partial charge in [0.05, 0.1) is 11.8 Å². The van der Waals surface area contributed by atoms with Crippen LogP contribution in [0.25, 0.3) is 16.8 Å². The molecule has 0 radical (unpaired) electrons. The number of amides is 1. The number of nitrogens with zero attached hydrogens (tertiary/aromatic N) is 5. The number of nitrogen functional groups attached to an aromatic ring is 1. The highest BCUT2D eigenvalue weighted by Crippen LogP contribution is 2.31. The smallest absolute Gasteiger partial charge is 0.255 e. The second kappa shape index (κ2) is 6.44. The zero-order valence-electron chi connectivity index (χ0n) is 15.0. The van der Waals surface area contributed by atoms with Crippen LogP contribution in [0.5, 0.6) is 0 Å². The van der Waals surface area contributed by atoms with Gasteiger partial charge in [0.15, 0.2) is 5.65 Å². The molecular formula is C18H23N7O. The van der Waals surface area contributed by atoms with Crippen molar-refractivity contribution in [1.82, 2.24) is 29.7 Å². The minimum Gasteiger partial charge on any atom is -0.366 e. The molecule has 0 bridgehead atoms. The molecule has 0 saturated heterocycles. The van der Waals surface area contributed by atoms with Crippen molar-refractivity contribution in [2.75, 3.05) is 5.73 Å². The minimum atomic E-state index is -0.177. The summed E-state index contributed by atoms with van der Waals surface area (Å²) in [6.45, 7) is 4.94. The van der Waals surface area contributed by atoms with E-state index in [9.17, 15) is 4.79 Å². The van der Waals surface area contributed by atoms with E-state index in [0.29, 0.717) is 11.2 Å². The summed E-state index contributed by atoms with van der Waals surface area (Å²) in [6, 6.07) is 1.91. The molecule has 0 unspecified atom stereocenters. The Kier molecular flexibility index (Phi) is 4.10. The first kappa shape index (κ1) is 16.6. The van der Waals surface area contributed by atoms with Crippen molar-refractivity contribution in [3.05, 3.63) is 30.2 Å². The Hall–Kier alpha value is -2.90. The minimum absolute atomic E-state index is 0.0766. The van der Waals surface area contributed by atoms with Crippen molar-refractivity contribution in [2.45, 2.75) is 45.7 Å². The topological polar surface area (TPSA) is 103 Å². The van der Waals surface area contributed by atoms with Crippen LogP contribution in [-0.4, -0.2) is 36.3 Å². The lowest BCUT2D eigenvalue weighted by molar-refractivity contribution is 0.0940. The number of hydrogen-bond acceptors (Lipinski definition) is 5. The summed E-state index contributed by atoms with van der Waals surface area (Å²) in [6.07, 6.45) is 9.07. The molecule has 8 nitrogen and oxygen atoms in total. The Morgan fingerprint density at radius 2 is 2.19 bits per heavy atom. The van der Waals surface area contributed by atoms with Crippen molar-refractivity contribution in [1.29, 1.82) is 0 Å². The van der Waals surface area contributed by atoms with Gasteiger partial charge in [-0.1, -0.05) is 6.92 Å². The van der Waals surface area contributed by atoms with Crippen LogP contribution < -0.4 is 11.1 Å². The number of pyridine rings is 1. The quantitative estimate of drug-likeness (QED) is 0.706. The van der Waals surface area contributed by atoms with E-state index in [0.717, 1.165) is 30.0 Å². The van der Waals surface area contributed by atoms with Crippen LogP contribution in [0.4, 0.5) is 5.95 Å². The maximum atomic E-state index is 12.7. The van der Waals surface area contributed by atoms with Crippen LogP contribution >= 0.6 is 0 Å². The summed E-state index contributed by atoms with van der Waals surface area (Å²) in [5.74, 6) is 0.713. The highest BCUT2D eigenvalue weighted by atomic mass is 16.1. The maximum absolute atomic E-state index is 12.7. The number of anilines is 1. The maximum Gasteiger partial charge on any atom is 0.255 e. The average Bonchev–Trinajstić information content (AvgIpc) is 3.15. The van der Waals surface area contributed by atoms with Gasteiger partial charge in [-0.15, -0.1) is 5.10 Å². The first-order chi connectivity index (χ1) is 12.5. The fourth-order valence-electron chi connectivity index (χ4n) is 2.91. The Balaban J connectivity index is 1.72. The summed E-state index contributed by atoms with van der Waals surface area (Å²) in [5, 5.41) is 11.6. The van der Waals surface area contributed by atoms with Crippen molar-refractivity contribution >= 4 is 17.5 Å². The van der Waals surface area contributed by atoms with Crippen molar-refractivity contribution in [3.63, 3.8) is 0 Å². The molecule has 1 amide bonds. The first-order valence-corrected chi connectivity index (χ1v) is 9.03. The molecule has 1 atom stereocenters.